The molecule has 1 amide bonds. The fourth-order valence-corrected chi connectivity index (χ4v) is 5.25. The molecule has 0 aliphatic carbocycles. The monoisotopic (exact) mass is 614 g/mol. The lowest BCUT2D eigenvalue weighted by Gasteiger charge is -2.18. The number of aryl methyl sites for hydroxylation is 1. The number of hydrogen-bond acceptors (Lipinski definition) is 7. The summed E-state index contributed by atoms with van der Waals surface area (Å²) in [5, 5.41) is 9.44. The third-order valence-electron chi connectivity index (χ3n) is 6.34. The summed E-state index contributed by atoms with van der Waals surface area (Å²) in [6.07, 6.45) is -4.80. The van der Waals surface area contributed by atoms with E-state index in [-0.39, 0.29) is 18.3 Å². The lowest BCUT2D eigenvalue weighted by atomic mass is 10.0. The van der Waals surface area contributed by atoms with Crippen molar-refractivity contribution in [2.45, 2.75) is 33.7 Å². The SMILES string of the molecule is CCN(CC)C(=O)c1ccc(-c2nc(COc3ccc(OCC(=O)O)c(C)c3)sc2-c2ccc(OC(F)(F)F)cc2)cc1. The number of carboxylic acids is 1. The van der Waals surface area contributed by atoms with Gasteiger partial charge in [0.1, 0.15) is 28.9 Å². The Morgan fingerprint density at radius 1 is 0.907 bits per heavy atom. The molecule has 4 rings (SSSR count). The topological polar surface area (TPSA) is 98.2 Å². The lowest BCUT2D eigenvalue weighted by molar-refractivity contribution is -0.274. The molecule has 1 heterocycles. The molecule has 0 aliphatic rings. The normalized spacial score (nSPS) is 11.2. The molecule has 226 valence electrons. The van der Waals surface area contributed by atoms with Crippen LogP contribution >= 0.6 is 11.3 Å². The fraction of sp³-hybridized carbons (Fsp3) is 0.258. The number of halogens is 3. The van der Waals surface area contributed by atoms with E-state index in [0.717, 1.165) is 5.56 Å². The van der Waals surface area contributed by atoms with Crippen LogP contribution in [0, 0.1) is 6.92 Å². The summed E-state index contributed by atoms with van der Waals surface area (Å²) < 4.78 is 53.3. The number of benzene rings is 3. The molecule has 0 aliphatic heterocycles. The molecule has 4 aromatic rings. The Hall–Kier alpha value is -4.58. The Morgan fingerprint density at radius 2 is 1.53 bits per heavy atom. The van der Waals surface area contributed by atoms with Crippen LogP contribution in [0.4, 0.5) is 13.2 Å². The van der Waals surface area contributed by atoms with Crippen LogP contribution in [0.3, 0.4) is 0 Å². The van der Waals surface area contributed by atoms with Crippen molar-refractivity contribution in [3.8, 4) is 38.9 Å². The smallest absolute Gasteiger partial charge is 0.486 e. The molecule has 0 bridgehead atoms. The molecule has 12 heteroatoms. The van der Waals surface area contributed by atoms with Gasteiger partial charge in [0, 0.05) is 24.2 Å². The summed E-state index contributed by atoms with van der Waals surface area (Å²) in [4.78, 5) is 30.8. The predicted molar refractivity (Wildman–Crippen MR) is 156 cm³/mol. The highest BCUT2D eigenvalue weighted by Gasteiger charge is 2.31. The number of carboxylic acid groups (broad SMARTS) is 1. The number of thiazole rings is 1. The second-order valence-electron chi connectivity index (χ2n) is 9.31. The number of alkyl halides is 3. The molecule has 0 spiro atoms. The van der Waals surface area contributed by atoms with E-state index in [2.05, 4.69) is 4.74 Å². The molecule has 0 fully saturated rings. The van der Waals surface area contributed by atoms with Gasteiger partial charge < -0.3 is 24.2 Å². The number of carbonyl (C=O) groups excluding carboxylic acids is 1. The van der Waals surface area contributed by atoms with E-state index in [9.17, 15) is 22.8 Å². The van der Waals surface area contributed by atoms with E-state index >= 15 is 0 Å². The fourth-order valence-electron chi connectivity index (χ4n) is 4.25. The summed E-state index contributed by atoms with van der Waals surface area (Å²) >= 11 is 1.32. The quantitative estimate of drug-likeness (QED) is 0.180. The van der Waals surface area contributed by atoms with Crippen LogP contribution in [0.15, 0.2) is 66.7 Å². The van der Waals surface area contributed by atoms with Crippen LogP contribution in [0.5, 0.6) is 17.2 Å². The zero-order chi connectivity index (χ0) is 31.1. The van der Waals surface area contributed by atoms with Crippen LogP contribution in [0.1, 0.15) is 34.8 Å². The van der Waals surface area contributed by atoms with Crippen LogP contribution in [-0.2, 0) is 11.4 Å². The number of carbonyl (C=O) groups is 2. The van der Waals surface area contributed by atoms with Crippen molar-refractivity contribution in [3.63, 3.8) is 0 Å². The third kappa shape index (κ3) is 8.25. The minimum absolute atomic E-state index is 0.0842. The molecule has 0 saturated heterocycles. The second-order valence-corrected chi connectivity index (χ2v) is 10.4. The highest BCUT2D eigenvalue weighted by atomic mass is 32.1. The highest BCUT2D eigenvalue weighted by Crippen LogP contribution is 2.38. The number of hydrogen-bond donors (Lipinski definition) is 1. The van der Waals surface area contributed by atoms with Crippen molar-refractivity contribution in [1.29, 1.82) is 0 Å². The second kappa shape index (κ2) is 13.6. The number of aliphatic carboxylic acids is 1. The zero-order valence-electron chi connectivity index (χ0n) is 23.6. The van der Waals surface area contributed by atoms with Gasteiger partial charge in [-0.05, 0) is 86.5 Å². The van der Waals surface area contributed by atoms with Crippen LogP contribution in [0.2, 0.25) is 0 Å². The van der Waals surface area contributed by atoms with Crippen LogP contribution in [0.25, 0.3) is 21.7 Å². The van der Waals surface area contributed by atoms with Crippen LogP contribution < -0.4 is 14.2 Å². The molecule has 0 atom stereocenters. The highest BCUT2D eigenvalue weighted by molar-refractivity contribution is 7.15. The molecule has 1 N–H and O–H groups in total. The van der Waals surface area contributed by atoms with Crippen molar-refractivity contribution in [2.24, 2.45) is 0 Å². The summed E-state index contributed by atoms with van der Waals surface area (Å²) in [5.74, 6) is -0.557. The summed E-state index contributed by atoms with van der Waals surface area (Å²) in [6, 6.07) is 17.6. The van der Waals surface area contributed by atoms with E-state index in [4.69, 9.17) is 19.6 Å². The Kier molecular flexibility index (Phi) is 9.92. The van der Waals surface area contributed by atoms with Crippen molar-refractivity contribution in [2.75, 3.05) is 19.7 Å². The van der Waals surface area contributed by atoms with Gasteiger partial charge in [-0.25, -0.2) is 9.78 Å². The Labute approximate surface area is 250 Å². The molecule has 43 heavy (non-hydrogen) atoms. The molecular formula is C31H29F3N2O6S. The Morgan fingerprint density at radius 3 is 2.12 bits per heavy atom. The first-order chi connectivity index (χ1) is 20.5. The van der Waals surface area contributed by atoms with Gasteiger partial charge in [0.2, 0.25) is 0 Å². The van der Waals surface area contributed by atoms with Crippen molar-refractivity contribution in [1.82, 2.24) is 9.88 Å². The molecule has 0 saturated carbocycles. The lowest BCUT2D eigenvalue weighted by Crippen LogP contribution is -2.30. The summed E-state index contributed by atoms with van der Waals surface area (Å²) in [7, 11) is 0. The van der Waals surface area contributed by atoms with Gasteiger partial charge in [-0.15, -0.1) is 24.5 Å². The first-order valence-electron chi connectivity index (χ1n) is 13.3. The van der Waals surface area contributed by atoms with Gasteiger partial charge in [-0.2, -0.15) is 0 Å². The van der Waals surface area contributed by atoms with E-state index < -0.39 is 18.9 Å². The maximum Gasteiger partial charge on any atom is 0.573 e. The minimum atomic E-state index is -4.80. The maximum atomic E-state index is 12.8. The van der Waals surface area contributed by atoms with Gasteiger partial charge >= 0.3 is 12.3 Å². The maximum absolute atomic E-state index is 12.8. The van der Waals surface area contributed by atoms with E-state index in [1.807, 2.05) is 13.8 Å². The number of rotatable bonds is 12. The average Bonchev–Trinajstić information content (AvgIpc) is 3.40. The first-order valence-corrected chi connectivity index (χ1v) is 14.1. The largest absolute Gasteiger partial charge is 0.573 e. The number of aromatic nitrogens is 1. The van der Waals surface area contributed by atoms with Crippen LogP contribution in [-0.4, -0.2) is 52.9 Å². The van der Waals surface area contributed by atoms with Gasteiger partial charge in [0.15, 0.2) is 6.61 Å². The summed E-state index contributed by atoms with van der Waals surface area (Å²) in [6.45, 7) is 6.40. The Balaban J connectivity index is 1.62. The van der Waals surface area contributed by atoms with Gasteiger partial charge in [0.25, 0.3) is 5.91 Å². The Bertz CT molecular complexity index is 1570. The molecule has 0 unspecified atom stereocenters. The van der Waals surface area contributed by atoms with E-state index in [1.165, 1.54) is 35.6 Å². The van der Waals surface area contributed by atoms with Gasteiger partial charge in [-0.1, -0.05) is 12.1 Å². The first kappa shape index (κ1) is 31.4. The van der Waals surface area contributed by atoms with Crippen molar-refractivity contribution in [3.05, 3.63) is 82.9 Å². The zero-order valence-corrected chi connectivity index (χ0v) is 24.4. The summed E-state index contributed by atoms with van der Waals surface area (Å²) in [5.41, 5.74) is 3.17. The van der Waals surface area contributed by atoms with E-state index in [1.54, 1.807) is 54.3 Å². The molecular weight excluding hydrogens is 585 g/mol. The predicted octanol–water partition coefficient (Wildman–Crippen LogP) is 7.21. The third-order valence-corrected chi connectivity index (χ3v) is 7.42. The average molecular weight is 615 g/mol. The van der Waals surface area contributed by atoms with Crippen molar-refractivity contribution >= 4 is 23.2 Å². The number of amides is 1. The minimum Gasteiger partial charge on any atom is -0.486 e. The number of ether oxygens (including phenoxy) is 3. The standard InChI is InChI=1S/C31H29F3N2O6S/c1-4-36(5-2)30(39)22-8-6-20(7-9-22)28-29(21-10-12-23(13-11-21)42-31(32,33)34)43-26(35-28)17-40-24-14-15-25(19(3)16-24)41-18-27(37)38/h6-16H,4-5,17-18H2,1-3H3,(H,37,38). The number of nitrogens with zero attached hydrogens (tertiary/aromatic N) is 2. The molecule has 1 aromatic heterocycles. The molecule has 3 aromatic carbocycles. The van der Waals surface area contributed by atoms with Gasteiger partial charge in [0.05, 0.1) is 10.6 Å². The molecule has 8 nitrogen and oxygen atoms in total. The van der Waals surface area contributed by atoms with E-state index in [0.29, 0.717) is 56.9 Å². The molecule has 0 radical (unpaired) electrons. The van der Waals surface area contributed by atoms with Gasteiger partial charge in [-0.3, -0.25) is 4.79 Å². The van der Waals surface area contributed by atoms with Crippen molar-refractivity contribution < 1.29 is 42.1 Å².